The molecule has 100 valence electrons. The van der Waals surface area contributed by atoms with Crippen LogP contribution < -0.4 is 56.5 Å². The van der Waals surface area contributed by atoms with Gasteiger partial charge in [0.2, 0.25) is 0 Å². The quantitative estimate of drug-likeness (QED) is 0.425. The van der Waals surface area contributed by atoms with E-state index in [9.17, 15) is 19.4 Å². The van der Waals surface area contributed by atoms with Crippen molar-refractivity contribution in [2.24, 2.45) is 0 Å². The van der Waals surface area contributed by atoms with Crippen molar-refractivity contribution in [3.8, 4) is 0 Å². The SMILES string of the molecule is CC(=O)C=C(O)c1ccc(F)cn1.CC(C)(C)[O-].[K+]. The first-order chi connectivity index (χ1) is 8.09. The Morgan fingerprint density at radius 1 is 1.42 bits per heavy atom. The van der Waals surface area contributed by atoms with Gasteiger partial charge in [0.05, 0.1) is 6.20 Å². The molecule has 0 aliphatic rings. The van der Waals surface area contributed by atoms with Crippen LogP contribution in [-0.4, -0.2) is 21.5 Å². The van der Waals surface area contributed by atoms with Crippen molar-refractivity contribution in [3.63, 3.8) is 0 Å². The molecule has 0 radical (unpaired) electrons. The number of rotatable bonds is 2. The molecule has 1 heterocycles. The third-order valence-corrected chi connectivity index (χ3v) is 1.33. The van der Waals surface area contributed by atoms with Gasteiger partial charge < -0.3 is 10.2 Å². The maximum atomic E-state index is 12.4. The zero-order valence-corrected chi connectivity index (χ0v) is 15.0. The largest absolute Gasteiger partial charge is 1.00 e. The van der Waals surface area contributed by atoms with Gasteiger partial charge in [0.25, 0.3) is 0 Å². The third-order valence-electron chi connectivity index (χ3n) is 1.33. The molecule has 4 nitrogen and oxygen atoms in total. The van der Waals surface area contributed by atoms with Crippen LogP contribution >= 0.6 is 0 Å². The summed E-state index contributed by atoms with van der Waals surface area (Å²) in [6.07, 6.45) is 2.00. The normalized spacial score (nSPS) is 10.9. The van der Waals surface area contributed by atoms with Gasteiger partial charge in [-0.2, -0.15) is 0 Å². The van der Waals surface area contributed by atoms with Crippen LogP contribution in [0.1, 0.15) is 33.4 Å². The fourth-order valence-corrected chi connectivity index (χ4v) is 0.794. The van der Waals surface area contributed by atoms with Crippen LogP contribution in [0.5, 0.6) is 0 Å². The summed E-state index contributed by atoms with van der Waals surface area (Å²) in [5.41, 5.74) is -0.573. The number of hydrogen-bond acceptors (Lipinski definition) is 4. The van der Waals surface area contributed by atoms with Crippen LogP contribution in [0.25, 0.3) is 5.76 Å². The number of pyridine rings is 1. The molecule has 19 heavy (non-hydrogen) atoms. The van der Waals surface area contributed by atoms with Gasteiger partial charge >= 0.3 is 51.4 Å². The molecule has 1 aromatic rings. The van der Waals surface area contributed by atoms with Crippen LogP contribution in [0.4, 0.5) is 4.39 Å². The van der Waals surface area contributed by atoms with Crippen molar-refractivity contribution >= 4 is 11.5 Å². The summed E-state index contributed by atoms with van der Waals surface area (Å²) in [7, 11) is 0. The second-order valence-corrected chi connectivity index (χ2v) is 4.61. The summed E-state index contributed by atoms with van der Waals surface area (Å²) in [6, 6.07) is 2.45. The minimum Gasteiger partial charge on any atom is -0.850 e. The number of carbonyl (C=O) groups is 1. The fourth-order valence-electron chi connectivity index (χ4n) is 0.794. The summed E-state index contributed by atoms with van der Waals surface area (Å²) in [6.45, 7) is 6.20. The average molecular weight is 293 g/mol. The topological polar surface area (TPSA) is 73.2 Å². The zero-order valence-electron chi connectivity index (χ0n) is 11.9. The smallest absolute Gasteiger partial charge is 0.850 e. The summed E-state index contributed by atoms with van der Waals surface area (Å²) in [5.74, 6) is -1.03. The molecule has 1 rings (SSSR count). The monoisotopic (exact) mass is 293 g/mol. The minimum atomic E-state index is -0.750. The first kappa shape index (κ1) is 21.2. The maximum Gasteiger partial charge on any atom is 1.00 e. The van der Waals surface area contributed by atoms with Crippen molar-refractivity contribution in [1.82, 2.24) is 4.98 Å². The van der Waals surface area contributed by atoms with Crippen molar-refractivity contribution in [2.45, 2.75) is 33.3 Å². The first-order valence-electron chi connectivity index (χ1n) is 5.33. The van der Waals surface area contributed by atoms with Gasteiger partial charge in [-0.25, -0.2) is 9.37 Å². The molecule has 0 amide bonds. The van der Waals surface area contributed by atoms with E-state index in [1.807, 2.05) is 0 Å². The number of carbonyl (C=O) groups excluding carboxylic acids is 1. The molecule has 0 aliphatic carbocycles. The van der Waals surface area contributed by atoms with E-state index in [2.05, 4.69) is 4.98 Å². The molecule has 0 atom stereocenters. The molecular weight excluding hydrogens is 276 g/mol. The van der Waals surface area contributed by atoms with E-state index in [0.717, 1.165) is 18.3 Å². The molecular formula is C13H17FKNO3. The predicted octanol–water partition coefficient (Wildman–Crippen LogP) is -1.14. The van der Waals surface area contributed by atoms with Crippen molar-refractivity contribution in [2.75, 3.05) is 0 Å². The van der Waals surface area contributed by atoms with Gasteiger partial charge in [-0.05, 0) is 19.1 Å². The second-order valence-electron chi connectivity index (χ2n) is 4.61. The molecule has 1 N–H and O–H groups in total. The fraction of sp³-hybridized carbons (Fsp3) is 0.385. The Kier molecular flexibility index (Phi) is 10.9. The number of aromatic nitrogens is 1. The number of halogens is 1. The van der Waals surface area contributed by atoms with Gasteiger partial charge in [0, 0.05) is 6.08 Å². The van der Waals surface area contributed by atoms with E-state index < -0.39 is 11.4 Å². The number of nitrogens with zero attached hydrogens (tertiary/aromatic N) is 1. The Morgan fingerprint density at radius 2 is 1.89 bits per heavy atom. The van der Waals surface area contributed by atoms with Gasteiger partial charge in [-0.1, -0.05) is 20.8 Å². The van der Waals surface area contributed by atoms with Crippen molar-refractivity contribution < 1.29 is 70.8 Å². The molecule has 1 aromatic heterocycles. The molecule has 0 bridgehead atoms. The van der Waals surface area contributed by atoms with E-state index in [4.69, 9.17) is 0 Å². The Morgan fingerprint density at radius 3 is 2.21 bits per heavy atom. The maximum absolute atomic E-state index is 12.4. The van der Waals surface area contributed by atoms with E-state index in [-0.39, 0.29) is 68.6 Å². The minimum absolute atomic E-state index is 0. The number of aliphatic hydroxyl groups excluding tert-OH is 1. The third kappa shape index (κ3) is 14.1. The first-order valence-corrected chi connectivity index (χ1v) is 5.33. The predicted molar refractivity (Wildman–Crippen MR) is 65.2 cm³/mol. The Labute approximate surface area is 155 Å². The molecule has 0 saturated heterocycles. The average Bonchev–Trinajstić information content (AvgIpc) is 2.14. The summed E-state index contributed by atoms with van der Waals surface area (Å²) in [4.78, 5) is 14.1. The van der Waals surface area contributed by atoms with E-state index in [1.165, 1.54) is 13.0 Å². The molecule has 0 fully saturated rings. The van der Waals surface area contributed by atoms with Gasteiger partial charge in [-0.15, -0.1) is 5.60 Å². The van der Waals surface area contributed by atoms with Crippen LogP contribution in [0.3, 0.4) is 0 Å². The number of hydrogen-bond donors (Lipinski definition) is 1. The molecule has 0 aromatic carbocycles. The van der Waals surface area contributed by atoms with Crippen LogP contribution in [-0.2, 0) is 4.79 Å². The number of aliphatic hydroxyl groups is 1. The summed E-state index contributed by atoms with van der Waals surface area (Å²) < 4.78 is 12.4. The molecule has 0 unspecified atom stereocenters. The summed E-state index contributed by atoms with van der Waals surface area (Å²) >= 11 is 0. The Balaban J connectivity index is 0. The van der Waals surface area contributed by atoms with Crippen molar-refractivity contribution in [1.29, 1.82) is 0 Å². The summed E-state index contributed by atoms with van der Waals surface area (Å²) in [5, 5.41) is 19.3. The standard InChI is InChI=1S/C9H8FNO2.C4H9O.K/c1-6(12)4-9(13)8-3-2-7(10)5-11-8;1-4(2,3)5;/h2-5,13H,1H3;1-3H3;/q;-1;+1. The van der Waals surface area contributed by atoms with Gasteiger partial charge in [0.15, 0.2) is 5.78 Å². The Bertz CT molecular complexity index is 419. The van der Waals surface area contributed by atoms with Crippen LogP contribution in [0.15, 0.2) is 24.4 Å². The van der Waals surface area contributed by atoms with Gasteiger partial charge in [0.1, 0.15) is 17.3 Å². The number of allylic oxidation sites excluding steroid dienone is 1. The Hall–Kier alpha value is -0.114. The molecule has 0 spiro atoms. The van der Waals surface area contributed by atoms with Crippen LogP contribution in [0, 0.1) is 5.82 Å². The zero-order chi connectivity index (χ0) is 14.3. The van der Waals surface area contributed by atoms with Crippen LogP contribution in [0.2, 0.25) is 0 Å². The van der Waals surface area contributed by atoms with E-state index in [0.29, 0.717) is 0 Å². The molecule has 6 heteroatoms. The molecule has 0 aliphatic heterocycles. The van der Waals surface area contributed by atoms with E-state index in [1.54, 1.807) is 20.8 Å². The van der Waals surface area contributed by atoms with Crippen molar-refractivity contribution in [3.05, 3.63) is 35.9 Å². The second kappa shape index (κ2) is 9.74. The molecule has 0 saturated carbocycles. The van der Waals surface area contributed by atoms with E-state index >= 15 is 0 Å². The number of ketones is 1. The van der Waals surface area contributed by atoms with Gasteiger partial charge in [-0.3, -0.25) is 4.79 Å².